The highest BCUT2D eigenvalue weighted by atomic mass is 32.2. The summed E-state index contributed by atoms with van der Waals surface area (Å²) in [7, 11) is -3.50. The quantitative estimate of drug-likeness (QED) is 0.658. The van der Waals surface area contributed by atoms with Crippen LogP contribution in [0.4, 0.5) is 0 Å². The van der Waals surface area contributed by atoms with Gasteiger partial charge < -0.3 is 5.32 Å². The zero-order valence-electron chi connectivity index (χ0n) is 18.0. The third-order valence-electron chi connectivity index (χ3n) is 6.13. The van der Waals surface area contributed by atoms with E-state index in [2.05, 4.69) is 46.1 Å². The first-order valence-corrected chi connectivity index (χ1v) is 12.6. The summed E-state index contributed by atoms with van der Waals surface area (Å²) in [5, 5.41) is 2.91. The largest absolute Gasteiger partial charge is 0.348 e. The molecule has 1 aliphatic carbocycles. The van der Waals surface area contributed by atoms with Crippen molar-refractivity contribution in [1.82, 2.24) is 14.9 Å². The normalized spacial score (nSPS) is 19.8. The van der Waals surface area contributed by atoms with Crippen LogP contribution in [0.25, 0.3) is 0 Å². The first kappa shape index (κ1) is 22.0. The summed E-state index contributed by atoms with van der Waals surface area (Å²) in [6.45, 7) is 4.87. The number of carbonyl (C=O) groups excluding carboxylic acids is 1. The third kappa shape index (κ3) is 5.93. The molecule has 1 saturated heterocycles. The first-order chi connectivity index (χ1) is 14.9. The smallest absolute Gasteiger partial charge is 0.251 e. The Kier molecular flexibility index (Phi) is 6.74. The Morgan fingerprint density at radius 3 is 2.29 bits per heavy atom. The molecule has 0 bridgehead atoms. The van der Waals surface area contributed by atoms with E-state index in [1.54, 1.807) is 12.1 Å². The summed E-state index contributed by atoms with van der Waals surface area (Å²) in [4.78, 5) is 15.2. The molecule has 2 fully saturated rings. The summed E-state index contributed by atoms with van der Waals surface area (Å²) in [5.41, 5.74) is 2.78. The summed E-state index contributed by atoms with van der Waals surface area (Å²) in [6.07, 6.45) is 5.65. The topological polar surface area (TPSA) is 78.5 Å². The van der Waals surface area contributed by atoms with Crippen molar-refractivity contribution in [1.29, 1.82) is 0 Å². The predicted octanol–water partition coefficient (Wildman–Crippen LogP) is 3.43. The SMILES string of the molecule is C[C@H]1CCCCN1Cc1ccc(CNC(=O)c2ccc(S(=O)(=O)NC3CC3)cc2)cc1. The lowest BCUT2D eigenvalue weighted by atomic mass is 10.0. The number of piperidine rings is 1. The van der Waals surface area contributed by atoms with Gasteiger partial charge in [-0.2, -0.15) is 0 Å². The Balaban J connectivity index is 1.29. The van der Waals surface area contributed by atoms with E-state index in [4.69, 9.17) is 0 Å². The van der Waals surface area contributed by atoms with Crippen LogP contribution in [-0.4, -0.2) is 37.9 Å². The minimum absolute atomic E-state index is 0.0580. The number of nitrogens with zero attached hydrogens (tertiary/aromatic N) is 1. The maximum atomic E-state index is 12.4. The van der Waals surface area contributed by atoms with E-state index in [-0.39, 0.29) is 16.8 Å². The number of hydrogen-bond donors (Lipinski definition) is 2. The molecule has 1 aliphatic heterocycles. The van der Waals surface area contributed by atoms with Gasteiger partial charge in [0.15, 0.2) is 0 Å². The molecule has 2 N–H and O–H groups in total. The van der Waals surface area contributed by atoms with E-state index in [1.807, 2.05) is 0 Å². The van der Waals surface area contributed by atoms with Crippen molar-refractivity contribution in [3.05, 3.63) is 65.2 Å². The van der Waals surface area contributed by atoms with E-state index < -0.39 is 10.0 Å². The van der Waals surface area contributed by atoms with Crippen LogP contribution >= 0.6 is 0 Å². The van der Waals surface area contributed by atoms with Crippen LogP contribution in [0.15, 0.2) is 53.4 Å². The lowest BCUT2D eigenvalue weighted by Gasteiger charge is -2.33. The van der Waals surface area contributed by atoms with Gasteiger partial charge in [0, 0.05) is 30.7 Å². The number of benzene rings is 2. The number of sulfonamides is 1. The zero-order valence-corrected chi connectivity index (χ0v) is 18.8. The van der Waals surface area contributed by atoms with E-state index in [0.717, 1.165) is 31.5 Å². The summed E-state index contributed by atoms with van der Waals surface area (Å²) in [5.74, 6) is -0.217. The number of rotatable bonds is 8. The fraction of sp³-hybridized carbons (Fsp3) is 0.458. The number of nitrogens with one attached hydrogen (secondary N) is 2. The summed E-state index contributed by atoms with van der Waals surface area (Å²) in [6, 6.07) is 15.2. The molecule has 0 spiro atoms. The monoisotopic (exact) mass is 441 g/mol. The second-order valence-corrected chi connectivity index (χ2v) is 10.4. The highest BCUT2D eigenvalue weighted by molar-refractivity contribution is 7.89. The lowest BCUT2D eigenvalue weighted by Crippen LogP contribution is -2.36. The molecule has 0 aromatic heterocycles. The van der Waals surface area contributed by atoms with Crippen LogP contribution in [0.5, 0.6) is 0 Å². The van der Waals surface area contributed by atoms with Crippen molar-refractivity contribution < 1.29 is 13.2 Å². The van der Waals surface area contributed by atoms with E-state index >= 15 is 0 Å². The van der Waals surface area contributed by atoms with Crippen molar-refractivity contribution >= 4 is 15.9 Å². The van der Waals surface area contributed by atoms with Crippen molar-refractivity contribution in [2.45, 2.75) is 69.1 Å². The van der Waals surface area contributed by atoms with Gasteiger partial charge in [-0.15, -0.1) is 0 Å². The number of likely N-dealkylation sites (tertiary alicyclic amines) is 1. The molecule has 2 aromatic rings. The van der Waals surface area contributed by atoms with E-state index in [0.29, 0.717) is 18.2 Å². The van der Waals surface area contributed by atoms with Crippen molar-refractivity contribution in [3.8, 4) is 0 Å². The Bertz CT molecular complexity index is 999. The Morgan fingerprint density at radius 2 is 1.65 bits per heavy atom. The predicted molar refractivity (Wildman–Crippen MR) is 121 cm³/mol. The molecule has 1 saturated carbocycles. The van der Waals surface area contributed by atoms with Gasteiger partial charge >= 0.3 is 0 Å². The molecular weight excluding hydrogens is 410 g/mol. The van der Waals surface area contributed by atoms with Crippen molar-refractivity contribution in [2.75, 3.05) is 6.54 Å². The van der Waals surface area contributed by atoms with Gasteiger partial charge in [0.1, 0.15) is 0 Å². The van der Waals surface area contributed by atoms with Gasteiger partial charge in [-0.1, -0.05) is 30.7 Å². The second-order valence-electron chi connectivity index (χ2n) is 8.73. The van der Waals surface area contributed by atoms with Gasteiger partial charge in [0.2, 0.25) is 10.0 Å². The summed E-state index contributed by atoms with van der Waals surface area (Å²) >= 11 is 0. The van der Waals surface area contributed by atoms with Crippen LogP contribution in [0.3, 0.4) is 0 Å². The molecule has 1 amide bonds. The molecule has 1 atom stereocenters. The minimum Gasteiger partial charge on any atom is -0.348 e. The molecule has 2 aliphatic rings. The molecule has 31 heavy (non-hydrogen) atoms. The van der Waals surface area contributed by atoms with Gasteiger partial charge in [-0.05, 0) is 74.5 Å². The van der Waals surface area contributed by atoms with E-state index in [9.17, 15) is 13.2 Å². The highest BCUT2D eigenvalue weighted by Crippen LogP contribution is 2.22. The Hall–Kier alpha value is -2.22. The molecule has 0 unspecified atom stereocenters. The maximum absolute atomic E-state index is 12.4. The molecule has 7 heteroatoms. The van der Waals surface area contributed by atoms with Crippen LogP contribution in [0.1, 0.15) is 60.5 Å². The number of carbonyl (C=O) groups is 1. The highest BCUT2D eigenvalue weighted by Gasteiger charge is 2.28. The number of amides is 1. The molecular formula is C24H31N3O3S. The van der Waals surface area contributed by atoms with Crippen LogP contribution in [0, 0.1) is 0 Å². The van der Waals surface area contributed by atoms with Gasteiger partial charge in [-0.3, -0.25) is 9.69 Å². The Morgan fingerprint density at radius 1 is 0.968 bits per heavy atom. The fourth-order valence-electron chi connectivity index (χ4n) is 3.95. The standard InChI is InChI=1S/C24H31N3O3S/c1-18-4-2-3-15-27(18)17-20-7-5-19(6-8-20)16-25-24(28)21-9-13-23(14-10-21)31(29,30)26-22-11-12-22/h5-10,13-14,18,22,26H,2-4,11-12,15-17H2,1H3,(H,25,28)/t18-/m0/s1. The van der Waals surface area contributed by atoms with Crippen LogP contribution < -0.4 is 10.0 Å². The zero-order chi connectivity index (χ0) is 21.8. The molecule has 6 nitrogen and oxygen atoms in total. The van der Waals surface area contributed by atoms with Crippen molar-refractivity contribution in [2.24, 2.45) is 0 Å². The number of hydrogen-bond acceptors (Lipinski definition) is 4. The van der Waals surface area contributed by atoms with Gasteiger partial charge in [-0.25, -0.2) is 13.1 Å². The third-order valence-corrected chi connectivity index (χ3v) is 7.66. The molecule has 1 heterocycles. The van der Waals surface area contributed by atoms with Crippen LogP contribution in [-0.2, 0) is 23.1 Å². The second kappa shape index (κ2) is 9.51. The van der Waals surface area contributed by atoms with Crippen molar-refractivity contribution in [3.63, 3.8) is 0 Å². The molecule has 4 rings (SSSR count). The molecule has 166 valence electrons. The average molecular weight is 442 g/mol. The maximum Gasteiger partial charge on any atom is 0.251 e. The van der Waals surface area contributed by atoms with Crippen LogP contribution in [0.2, 0.25) is 0 Å². The van der Waals surface area contributed by atoms with Gasteiger partial charge in [0.05, 0.1) is 4.90 Å². The molecule has 0 radical (unpaired) electrons. The minimum atomic E-state index is -3.50. The average Bonchev–Trinajstić information content (AvgIpc) is 3.58. The Labute approximate surface area is 185 Å². The fourth-order valence-corrected chi connectivity index (χ4v) is 5.25. The lowest BCUT2D eigenvalue weighted by molar-refractivity contribution is 0.0951. The first-order valence-electron chi connectivity index (χ1n) is 11.1. The molecule has 2 aromatic carbocycles. The summed E-state index contributed by atoms with van der Waals surface area (Å²) < 4.78 is 27.1. The van der Waals surface area contributed by atoms with E-state index in [1.165, 1.54) is 37.0 Å². The van der Waals surface area contributed by atoms with Gasteiger partial charge in [0.25, 0.3) is 5.91 Å².